The zero-order chi connectivity index (χ0) is 23.9. The highest BCUT2D eigenvalue weighted by Gasteiger charge is 2.19. The molecule has 4 rings (SSSR count). The summed E-state index contributed by atoms with van der Waals surface area (Å²) in [7, 11) is 0. The maximum absolute atomic E-state index is 10.7. The summed E-state index contributed by atoms with van der Waals surface area (Å²) in [6.45, 7) is 6.52. The summed E-state index contributed by atoms with van der Waals surface area (Å²) >= 11 is 5.99. The first kappa shape index (κ1) is 24.6. The standard InChI is InChI=1S/C27H34ClN3O3/c1-20-5-2-7-24-27(20)29-25(19-34-23-11-9-22(28)10-12-23)31(24)16-3-6-21-13-17-30(18-14-21)15-4-8-26(32)33/h2,5,7,9-12,21H,3-4,6,8,13-19H2,1H3,(H,32,33). The van der Waals surface area contributed by atoms with Crippen LogP contribution in [0.3, 0.4) is 0 Å². The fraction of sp³-hybridized carbons (Fsp3) is 0.481. The second-order valence-electron chi connectivity index (χ2n) is 9.29. The van der Waals surface area contributed by atoms with Gasteiger partial charge in [0.05, 0.1) is 11.0 Å². The molecule has 1 saturated heterocycles. The number of carboxylic acids is 1. The molecule has 0 bridgehead atoms. The Morgan fingerprint density at radius 3 is 2.62 bits per heavy atom. The van der Waals surface area contributed by atoms with Gasteiger partial charge in [0, 0.05) is 18.0 Å². The number of carbonyl (C=O) groups is 1. The van der Waals surface area contributed by atoms with Crippen molar-refractivity contribution in [1.82, 2.24) is 14.5 Å². The van der Waals surface area contributed by atoms with E-state index in [-0.39, 0.29) is 6.42 Å². The molecule has 0 aliphatic carbocycles. The molecule has 1 N–H and O–H groups in total. The minimum absolute atomic E-state index is 0.266. The van der Waals surface area contributed by atoms with E-state index in [1.807, 2.05) is 24.3 Å². The van der Waals surface area contributed by atoms with E-state index >= 15 is 0 Å². The molecule has 1 aromatic heterocycles. The number of aromatic nitrogens is 2. The highest BCUT2D eigenvalue weighted by Crippen LogP contribution is 2.25. The van der Waals surface area contributed by atoms with Gasteiger partial charge in [-0.2, -0.15) is 0 Å². The second-order valence-corrected chi connectivity index (χ2v) is 9.73. The largest absolute Gasteiger partial charge is 0.486 e. The van der Waals surface area contributed by atoms with E-state index in [1.165, 1.54) is 30.3 Å². The lowest BCUT2D eigenvalue weighted by molar-refractivity contribution is -0.137. The van der Waals surface area contributed by atoms with Crippen molar-refractivity contribution in [2.24, 2.45) is 5.92 Å². The van der Waals surface area contributed by atoms with Crippen LogP contribution >= 0.6 is 11.6 Å². The van der Waals surface area contributed by atoms with Crippen molar-refractivity contribution in [2.75, 3.05) is 19.6 Å². The molecule has 0 unspecified atom stereocenters. The van der Waals surface area contributed by atoms with Crippen molar-refractivity contribution < 1.29 is 14.6 Å². The summed E-state index contributed by atoms with van der Waals surface area (Å²) < 4.78 is 8.35. The van der Waals surface area contributed by atoms with E-state index in [0.29, 0.717) is 11.6 Å². The predicted molar refractivity (Wildman–Crippen MR) is 136 cm³/mol. The van der Waals surface area contributed by atoms with E-state index in [1.54, 1.807) is 0 Å². The number of likely N-dealkylation sites (tertiary alicyclic amines) is 1. The number of rotatable bonds is 11. The number of aliphatic carboxylic acids is 1. The van der Waals surface area contributed by atoms with Gasteiger partial charge in [0.1, 0.15) is 18.2 Å². The summed E-state index contributed by atoms with van der Waals surface area (Å²) in [5.74, 6) is 1.78. The smallest absolute Gasteiger partial charge is 0.303 e. The van der Waals surface area contributed by atoms with Crippen LogP contribution in [0.15, 0.2) is 42.5 Å². The molecule has 0 saturated carbocycles. The summed E-state index contributed by atoms with van der Waals surface area (Å²) in [6, 6.07) is 13.8. The molecule has 3 aromatic rings. The predicted octanol–water partition coefficient (Wildman–Crippen LogP) is 5.93. The van der Waals surface area contributed by atoms with Gasteiger partial charge >= 0.3 is 5.97 Å². The Balaban J connectivity index is 1.33. The van der Waals surface area contributed by atoms with Crippen LogP contribution in [0.4, 0.5) is 0 Å². The lowest BCUT2D eigenvalue weighted by Crippen LogP contribution is -2.34. The van der Waals surface area contributed by atoms with Crippen LogP contribution in [-0.4, -0.2) is 45.2 Å². The number of hydrogen-bond acceptors (Lipinski definition) is 4. The van der Waals surface area contributed by atoms with E-state index in [0.717, 1.165) is 62.0 Å². The summed E-state index contributed by atoms with van der Waals surface area (Å²) in [6.07, 6.45) is 5.71. The van der Waals surface area contributed by atoms with Crippen LogP contribution in [0.1, 0.15) is 49.9 Å². The first-order valence-corrected chi connectivity index (χ1v) is 12.6. The zero-order valence-corrected chi connectivity index (χ0v) is 20.6. The Labute approximate surface area is 206 Å². The Morgan fingerprint density at radius 1 is 1.12 bits per heavy atom. The van der Waals surface area contributed by atoms with E-state index in [4.69, 9.17) is 26.4 Å². The Kier molecular flexibility index (Phi) is 8.46. The van der Waals surface area contributed by atoms with Crippen LogP contribution in [0, 0.1) is 12.8 Å². The van der Waals surface area contributed by atoms with Crippen LogP contribution in [0.5, 0.6) is 5.75 Å². The molecule has 0 spiro atoms. The third-order valence-corrected chi connectivity index (χ3v) is 7.06. The summed E-state index contributed by atoms with van der Waals surface area (Å²) in [5, 5.41) is 9.52. The van der Waals surface area contributed by atoms with Gasteiger partial charge in [0.25, 0.3) is 0 Å². The molecule has 182 valence electrons. The summed E-state index contributed by atoms with van der Waals surface area (Å²) in [4.78, 5) is 18.1. The number of benzene rings is 2. The molecule has 34 heavy (non-hydrogen) atoms. The lowest BCUT2D eigenvalue weighted by Gasteiger charge is -2.32. The number of nitrogens with zero attached hydrogens (tertiary/aromatic N) is 3. The average Bonchev–Trinajstić information content (AvgIpc) is 3.18. The third kappa shape index (κ3) is 6.51. The normalized spacial score (nSPS) is 15.1. The van der Waals surface area contributed by atoms with E-state index < -0.39 is 5.97 Å². The fourth-order valence-corrected chi connectivity index (χ4v) is 4.99. The Hall–Kier alpha value is -2.57. The number of hydrogen-bond donors (Lipinski definition) is 1. The van der Waals surface area contributed by atoms with Crippen LogP contribution in [-0.2, 0) is 17.9 Å². The van der Waals surface area contributed by atoms with Crippen molar-refractivity contribution in [2.45, 2.75) is 58.6 Å². The van der Waals surface area contributed by atoms with Gasteiger partial charge in [-0.25, -0.2) is 4.98 Å². The van der Waals surface area contributed by atoms with Crippen molar-refractivity contribution >= 4 is 28.6 Å². The van der Waals surface area contributed by atoms with Crippen molar-refractivity contribution in [3.63, 3.8) is 0 Å². The molecule has 1 aliphatic rings. The highest BCUT2D eigenvalue weighted by molar-refractivity contribution is 6.30. The van der Waals surface area contributed by atoms with Gasteiger partial charge in [0.15, 0.2) is 0 Å². The van der Waals surface area contributed by atoms with Gasteiger partial charge in [-0.15, -0.1) is 0 Å². The molecule has 1 fully saturated rings. The number of carboxylic acid groups (broad SMARTS) is 1. The molecule has 1 aliphatic heterocycles. The van der Waals surface area contributed by atoms with Crippen LogP contribution in [0.2, 0.25) is 5.02 Å². The van der Waals surface area contributed by atoms with E-state index in [2.05, 4.69) is 34.6 Å². The van der Waals surface area contributed by atoms with Crippen LogP contribution < -0.4 is 4.74 Å². The SMILES string of the molecule is Cc1cccc2c1nc(COc1ccc(Cl)cc1)n2CCCC1CCN(CCCC(=O)O)CC1. The summed E-state index contributed by atoms with van der Waals surface area (Å²) in [5.41, 5.74) is 3.40. The van der Waals surface area contributed by atoms with Gasteiger partial charge in [-0.3, -0.25) is 4.79 Å². The first-order chi connectivity index (χ1) is 16.5. The lowest BCUT2D eigenvalue weighted by atomic mass is 9.92. The monoisotopic (exact) mass is 483 g/mol. The quantitative estimate of drug-likeness (QED) is 0.366. The molecular weight excluding hydrogens is 450 g/mol. The number of fused-ring (bicyclic) bond motifs is 1. The number of aryl methyl sites for hydroxylation is 2. The minimum Gasteiger partial charge on any atom is -0.486 e. The number of para-hydroxylation sites is 1. The topological polar surface area (TPSA) is 67.6 Å². The van der Waals surface area contributed by atoms with Gasteiger partial charge < -0.3 is 19.3 Å². The maximum atomic E-state index is 10.7. The molecule has 2 heterocycles. The number of piperidine rings is 1. The Morgan fingerprint density at radius 2 is 1.88 bits per heavy atom. The molecule has 0 atom stereocenters. The molecular formula is C27H34ClN3O3. The van der Waals surface area contributed by atoms with Crippen molar-refractivity contribution in [1.29, 1.82) is 0 Å². The van der Waals surface area contributed by atoms with Gasteiger partial charge in [-0.1, -0.05) is 23.7 Å². The highest BCUT2D eigenvalue weighted by atomic mass is 35.5. The number of ether oxygens (including phenoxy) is 1. The second kappa shape index (κ2) is 11.7. The first-order valence-electron chi connectivity index (χ1n) is 12.3. The number of halogens is 1. The maximum Gasteiger partial charge on any atom is 0.303 e. The zero-order valence-electron chi connectivity index (χ0n) is 19.9. The van der Waals surface area contributed by atoms with Gasteiger partial charge in [0.2, 0.25) is 0 Å². The molecule has 7 heteroatoms. The fourth-order valence-electron chi connectivity index (χ4n) is 4.86. The van der Waals surface area contributed by atoms with Crippen molar-refractivity contribution in [3.8, 4) is 5.75 Å². The molecule has 6 nitrogen and oxygen atoms in total. The van der Waals surface area contributed by atoms with Crippen molar-refractivity contribution in [3.05, 3.63) is 58.9 Å². The molecule has 0 radical (unpaired) electrons. The molecule has 2 aromatic carbocycles. The third-order valence-electron chi connectivity index (χ3n) is 6.81. The minimum atomic E-state index is -0.699. The Bertz CT molecular complexity index is 1090. The number of imidazole rings is 1. The van der Waals surface area contributed by atoms with Gasteiger partial charge in [-0.05, 0) is 100 Å². The van der Waals surface area contributed by atoms with E-state index in [9.17, 15) is 4.79 Å². The molecule has 0 amide bonds. The average molecular weight is 484 g/mol. The van der Waals surface area contributed by atoms with Crippen LogP contribution in [0.25, 0.3) is 11.0 Å².